The molecule has 0 saturated heterocycles. The average molecular weight is 147 g/mol. The minimum Gasteiger partial charge on any atom is -0.386 e. The minimum absolute atomic E-state index is 0.0648. The van der Waals surface area contributed by atoms with Crippen molar-refractivity contribution in [3.05, 3.63) is 36.0 Å². The third kappa shape index (κ3) is 1.05. The molecule has 1 N–H and O–H groups in total. The number of allylic oxidation sites excluding steroid dienone is 3. The van der Waals surface area contributed by atoms with Crippen LogP contribution in [-0.4, -0.2) is 23.5 Å². The van der Waals surface area contributed by atoms with E-state index in [9.17, 15) is 5.11 Å². The summed E-state index contributed by atoms with van der Waals surface area (Å²) in [4.78, 5) is 4.15. The topological polar surface area (TPSA) is 32.6 Å². The number of aliphatic hydroxyl groups is 1. The second kappa shape index (κ2) is 2.47. The Morgan fingerprint density at radius 1 is 1.36 bits per heavy atom. The Morgan fingerprint density at radius 3 is 3.09 bits per heavy atom. The van der Waals surface area contributed by atoms with Gasteiger partial charge in [0.2, 0.25) is 0 Å². The van der Waals surface area contributed by atoms with E-state index in [0.29, 0.717) is 0 Å². The van der Waals surface area contributed by atoms with Gasteiger partial charge in [0.1, 0.15) is 6.04 Å². The SMILES string of the molecule is OC1C=CC=C2C=CC=NC21. The van der Waals surface area contributed by atoms with Gasteiger partial charge in [0.05, 0.1) is 6.10 Å². The summed E-state index contributed by atoms with van der Waals surface area (Å²) in [5.74, 6) is 0. The number of aliphatic hydroxyl groups excluding tert-OH is 1. The molecule has 2 unspecified atom stereocenters. The maximum absolute atomic E-state index is 9.43. The van der Waals surface area contributed by atoms with Crippen molar-refractivity contribution in [1.82, 2.24) is 0 Å². The van der Waals surface area contributed by atoms with Gasteiger partial charge in [-0.05, 0) is 11.6 Å². The lowest BCUT2D eigenvalue weighted by atomic mass is 9.95. The highest BCUT2D eigenvalue weighted by Gasteiger charge is 2.21. The van der Waals surface area contributed by atoms with E-state index in [4.69, 9.17) is 0 Å². The average Bonchev–Trinajstić information content (AvgIpc) is 2.06. The number of fused-ring (bicyclic) bond motifs is 1. The normalized spacial score (nSPS) is 33.4. The molecule has 2 nitrogen and oxygen atoms in total. The highest BCUT2D eigenvalue weighted by Crippen LogP contribution is 2.20. The fourth-order valence-corrected chi connectivity index (χ4v) is 1.31. The van der Waals surface area contributed by atoms with Crippen molar-refractivity contribution in [1.29, 1.82) is 0 Å². The summed E-state index contributed by atoms with van der Waals surface area (Å²) in [5.41, 5.74) is 1.09. The summed E-state index contributed by atoms with van der Waals surface area (Å²) in [6, 6.07) is -0.0648. The number of nitrogens with zero attached hydrogens (tertiary/aromatic N) is 1. The van der Waals surface area contributed by atoms with E-state index in [1.54, 1.807) is 12.3 Å². The molecule has 0 saturated carbocycles. The maximum atomic E-state index is 9.43. The summed E-state index contributed by atoms with van der Waals surface area (Å²) >= 11 is 0. The van der Waals surface area contributed by atoms with Gasteiger partial charge in [-0.3, -0.25) is 4.99 Å². The summed E-state index contributed by atoms with van der Waals surface area (Å²) < 4.78 is 0. The molecule has 2 heteroatoms. The van der Waals surface area contributed by atoms with Crippen LogP contribution in [0.5, 0.6) is 0 Å². The van der Waals surface area contributed by atoms with Crippen LogP contribution in [0.3, 0.4) is 0 Å². The van der Waals surface area contributed by atoms with Crippen molar-refractivity contribution in [2.45, 2.75) is 12.1 Å². The van der Waals surface area contributed by atoms with Crippen LogP contribution in [0.25, 0.3) is 0 Å². The van der Waals surface area contributed by atoms with Crippen LogP contribution < -0.4 is 0 Å². The molecule has 56 valence electrons. The van der Waals surface area contributed by atoms with E-state index >= 15 is 0 Å². The Labute approximate surface area is 65.3 Å². The molecule has 0 aromatic rings. The van der Waals surface area contributed by atoms with Crippen molar-refractivity contribution in [3.8, 4) is 0 Å². The van der Waals surface area contributed by atoms with Crippen LogP contribution in [0.4, 0.5) is 0 Å². The quantitative estimate of drug-likeness (QED) is 0.541. The Hall–Kier alpha value is -1.15. The molecule has 0 aromatic carbocycles. The number of rotatable bonds is 0. The molecule has 0 bridgehead atoms. The fourth-order valence-electron chi connectivity index (χ4n) is 1.31. The lowest BCUT2D eigenvalue weighted by molar-refractivity contribution is 0.204. The van der Waals surface area contributed by atoms with Crippen LogP contribution >= 0.6 is 0 Å². The summed E-state index contributed by atoms with van der Waals surface area (Å²) in [6.07, 6.45) is 10.7. The molecule has 2 rings (SSSR count). The van der Waals surface area contributed by atoms with Gasteiger partial charge in [-0.25, -0.2) is 0 Å². The smallest absolute Gasteiger partial charge is 0.104 e. The first-order valence-electron chi connectivity index (χ1n) is 3.64. The third-order valence-electron chi connectivity index (χ3n) is 1.88. The molecule has 11 heavy (non-hydrogen) atoms. The first-order chi connectivity index (χ1) is 5.38. The third-order valence-corrected chi connectivity index (χ3v) is 1.88. The lowest BCUT2D eigenvalue weighted by Crippen LogP contribution is -2.26. The number of hydrogen-bond acceptors (Lipinski definition) is 2. The second-order valence-electron chi connectivity index (χ2n) is 2.64. The minimum atomic E-state index is -0.448. The van der Waals surface area contributed by atoms with Crippen molar-refractivity contribution < 1.29 is 5.11 Å². The van der Waals surface area contributed by atoms with Gasteiger partial charge in [-0.2, -0.15) is 0 Å². The number of dihydropyridines is 1. The molecule has 1 aliphatic heterocycles. The van der Waals surface area contributed by atoms with Crippen LogP contribution in [0, 0.1) is 0 Å². The number of aliphatic imine (C=N–C) groups is 1. The maximum Gasteiger partial charge on any atom is 0.104 e. The Kier molecular flexibility index (Phi) is 1.47. The second-order valence-corrected chi connectivity index (χ2v) is 2.64. The van der Waals surface area contributed by atoms with Gasteiger partial charge in [0.15, 0.2) is 0 Å². The Bertz CT molecular complexity index is 273. The van der Waals surface area contributed by atoms with Crippen LogP contribution in [0.1, 0.15) is 0 Å². The van der Waals surface area contributed by atoms with E-state index in [2.05, 4.69) is 4.99 Å². The number of hydrogen-bond donors (Lipinski definition) is 1. The van der Waals surface area contributed by atoms with Crippen molar-refractivity contribution in [3.63, 3.8) is 0 Å². The molecular formula is C9H9NO. The zero-order valence-corrected chi connectivity index (χ0v) is 6.01. The van der Waals surface area contributed by atoms with Gasteiger partial charge in [-0.1, -0.05) is 24.3 Å². The zero-order chi connectivity index (χ0) is 7.68. The predicted molar refractivity (Wildman–Crippen MR) is 44.6 cm³/mol. The zero-order valence-electron chi connectivity index (χ0n) is 6.01. The predicted octanol–water partition coefficient (Wildman–Crippen LogP) is 0.853. The largest absolute Gasteiger partial charge is 0.386 e. The van der Waals surface area contributed by atoms with E-state index in [1.807, 2.05) is 24.3 Å². The molecule has 1 aliphatic carbocycles. The fraction of sp³-hybridized carbons (Fsp3) is 0.222. The molecule has 1 heterocycles. The van der Waals surface area contributed by atoms with Crippen molar-refractivity contribution in [2.75, 3.05) is 0 Å². The molecule has 0 spiro atoms. The molecule has 0 aromatic heterocycles. The lowest BCUT2D eigenvalue weighted by Gasteiger charge is -2.21. The van der Waals surface area contributed by atoms with Gasteiger partial charge in [0, 0.05) is 6.21 Å². The molecule has 0 radical (unpaired) electrons. The monoisotopic (exact) mass is 147 g/mol. The molecular weight excluding hydrogens is 138 g/mol. The van der Waals surface area contributed by atoms with Crippen LogP contribution in [0.15, 0.2) is 40.9 Å². The Balaban J connectivity index is 2.35. The summed E-state index contributed by atoms with van der Waals surface area (Å²) in [5, 5.41) is 9.43. The van der Waals surface area contributed by atoms with Gasteiger partial charge >= 0.3 is 0 Å². The van der Waals surface area contributed by atoms with Crippen LogP contribution in [0.2, 0.25) is 0 Å². The molecule has 0 amide bonds. The molecule has 2 aliphatic rings. The Morgan fingerprint density at radius 2 is 2.27 bits per heavy atom. The highest BCUT2D eigenvalue weighted by molar-refractivity contribution is 5.75. The van der Waals surface area contributed by atoms with Gasteiger partial charge in [-0.15, -0.1) is 0 Å². The first kappa shape index (κ1) is 6.55. The van der Waals surface area contributed by atoms with Crippen molar-refractivity contribution in [2.24, 2.45) is 4.99 Å². The standard InChI is InChI=1S/C9H9NO/c11-8-5-1-3-7-4-2-6-10-9(7)8/h1-6,8-9,11H. The first-order valence-corrected chi connectivity index (χ1v) is 3.64. The van der Waals surface area contributed by atoms with E-state index in [0.717, 1.165) is 5.57 Å². The molecule has 2 atom stereocenters. The van der Waals surface area contributed by atoms with E-state index < -0.39 is 6.10 Å². The highest BCUT2D eigenvalue weighted by atomic mass is 16.3. The van der Waals surface area contributed by atoms with E-state index in [-0.39, 0.29) is 6.04 Å². The van der Waals surface area contributed by atoms with Gasteiger partial charge < -0.3 is 5.11 Å². The summed E-state index contributed by atoms with van der Waals surface area (Å²) in [7, 11) is 0. The molecule has 0 fully saturated rings. The van der Waals surface area contributed by atoms with Crippen molar-refractivity contribution >= 4 is 6.21 Å². The van der Waals surface area contributed by atoms with E-state index in [1.165, 1.54) is 0 Å². The summed E-state index contributed by atoms with van der Waals surface area (Å²) in [6.45, 7) is 0. The van der Waals surface area contributed by atoms with Crippen LogP contribution in [-0.2, 0) is 0 Å². The van der Waals surface area contributed by atoms with Gasteiger partial charge in [0.25, 0.3) is 0 Å².